The summed E-state index contributed by atoms with van der Waals surface area (Å²) in [6.07, 6.45) is 6.69. The highest BCUT2D eigenvalue weighted by molar-refractivity contribution is 6.07. The van der Waals surface area contributed by atoms with Gasteiger partial charge in [-0.1, -0.05) is 49.4 Å². The number of fused-ring (bicyclic) bond motifs is 3. The summed E-state index contributed by atoms with van der Waals surface area (Å²) in [6, 6.07) is 16.5. The first kappa shape index (κ1) is 21.2. The number of rotatable bonds is 9. The molecule has 33 heavy (non-hydrogen) atoms. The number of nitrogens with two attached hydrogens (primary N) is 1. The number of imidazole rings is 1. The number of nitrogen functional groups attached to an aromatic ring is 1. The first-order valence-corrected chi connectivity index (χ1v) is 11.4. The number of ether oxygens (including phenoxy) is 1. The van der Waals surface area contributed by atoms with Crippen molar-refractivity contribution < 1.29 is 4.74 Å². The number of H-pyrrole nitrogens is 1. The van der Waals surface area contributed by atoms with Gasteiger partial charge in [-0.3, -0.25) is 4.68 Å². The van der Waals surface area contributed by atoms with Crippen molar-refractivity contribution in [3.63, 3.8) is 0 Å². The topological polar surface area (TPSA) is 94.6 Å². The Labute approximate surface area is 192 Å². The SMILES string of the molecule is CCCn1cc(-c2ccc3c(c2)nc(N)c2nc(CCCOCc4ccccc4)[nH]c23)cn1. The van der Waals surface area contributed by atoms with Crippen LogP contribution in [0.15, 0.2) is 60.9 Å². The van der Waals surface area contributed by atoms with E-state index in [-0.39, 0.29) is 0 Å². The van der Waals surface area contributed by atoms with Gasteiger partial charge >= 0.3 is 0 Å². The average Bonchev–Trinajstić information content (AvgIpc) is 3.47. The van der Waals surface area contributed by atoms with Gasteiger partial charge in [0.15, 0.2) is 5.82 Å². The maximum absolute atomic E-state index is 6.27. The van der Waals surface area contributed by atoms with Crippen LogP contribution in [0.25, 0.3) is 33.1 Å². The number of nitrogens with zero attached hydrogens (tertiary/aromatic N) is 4. The molecule has 0 atom stereocenters. The Morgan fingerprint density at radius 1 is 1.06 bits per heavy atom. The fraction of sp³-hybridized carbons (Fsp3) is 0.269. The molecule has 3 heterocycles. The Morgan fingerprint density at radius 3 is 2.79 bits per heavy atom. The van der Waals surface area contributed by atoms with E-state index in [1.807, 2.05) is 29.1 Å². The van der Waals surface area contributed by atoms with Crippen LogP contribution in [0.4, 0.5) is 5.82 Å². The first-order valence-electron chi connectivity index (χ1n) is 11.4. The molecule has 3 N–H and O–H groups in total. The lowest BCUT2D eigenvalue weighted by molar-refractivity contribution is 0.118. The molecule has 168 valence electrons. The van der Waals surface area contributed by atoms with Gasteiger partial charge in [-0.05, 0) is 30.0 Å². The predicted molar refractivity (Wildman–Crippen MR) is 132 cm³/mol. The zero-order valence-electron chi connectivity index (χ0n) is 18.8. The molecule has 0 aliphatic carbocycles. The van der Waals surface area contributed by atoms with E-state index in [4.69, 9.17) is 15.5 Å². The lowest BCUT2D eigenvalue weighted by Gasteiger charge is -2.04. The third-order valence-electron chi connectivity index (χ3n) is 5.74. The molecule has 7 heteroatoms. The Bertz CT molecular complexity index is 1370. The molecular weight excluding hydrogens is 412 g/mol. The largest absolute Gasteiger partial charge is 0.382 e. The van der Waals surface area contributed by atoms with Crippen molar-refractivity contribution in [2.45, 2.75) is 39.3 Å². The molecule has 0 saturated carbocycles. The third-order valence-corrected chi connectivity index (χ3v) is 5.74. The molecule has 7 nitrogen and oxygen atoms in total. The van der Waals surface area contributed by atoms with Crippen molar-refractivity contribution in [3.8, 4) is 11.1 Å². The minimum atomic E-state index is 0.444. The molecule has 0 radical (unpaired) electrons. The van der Waals surface area contributed by atoms with Crippen molar-refractivity contribution in [3.05, 3.63) is 72.3 Å². The average molecular weight is 441 g/mol. The van der Waals surface area contributed by atoms with Gasteiger partial charge in [-0.15, -0.1) is 0 Å². The summed E-state index contributed by atoms with van der Waals surface area (Å²) >= 11 is 0. The quantitative estimate of drug-likeness (QED) is 0.310. The third kappa shape index (κ3) is 4.59. The van der Waals surface area contributed by atoms with E-state index in [1.165, 1.54) is 5.56 Å². The van der Waals surface area contributed by atoms with Crippen molar-refractivity contribution in [1.29, 1.82) is 0 Å². The summed E-state index contributed by atoms with van der Waals surface area (Å²) in [5.74, 6) is 1.35. The van der Waals surface area contributed by atoms with Crippen molar-refractivity contribution in [1.82, 2.24) is 24.7 Å². The zero-order chi connectivity index (χ0) is 22.6. The summed E-state index contributed by atoms with van der Waals surface area (Å²) in [5.41, 5.74) is 12.1. The van der Waals surface area contributed by atoms with Gasteiger partial charge in [0.25, 0.3) is 0 Å². The number of benzene rings is 2. The Hall–Kier alpha value is -3.71. The fourth-order valence-corrected chi connectivity index (χ4v) is 4.09. The van der Waals surface area contributed by atoms with Crippen LogP contribution >= 0.6 is 0 Å². The van der Waals surface area contributed by atoms with Gasteiger partial charge < -0.3 is 15.5 Å². The van der Waals surface area contributed by atoms with Crippen LogP contribution < -0.4 is 5.73 Å². The van der Waals surface area contributed by atoms with Crippen LogP contribution in [-0.4, -0.2) is 31.3 Å². The monoisotopic (exact) mass is 440 g/mol. The maximum atomic E-state index is 6.27. The van der Waals surface area contributed by atoms with E-state index in [0.717, 1.165) is 64.7 Å². The lowest BCUT2D eigenvalue weighted by Crippen LogP contribution is -1.98. The smallest absolute Gasteiger partial charge is 0.152 e. The van der Waals surface area contributed by atoms with Crippen LogP contribution in [0.1, 0.15) is 31.2 Å². The van der Waals surface area contributed by atoms with Gasteiger partial charge in [-0.2, -0.15) is 5.10 Å². The highest BCUT2D eigenvalue weighted by Crippen LogP contribution is 2.30. The van der Waals surface area contributed by atoms with Gasteiger partial charge in [0.05, 0.1) is 23.8 Å². The molecule has 0 aliphatic rings. The zero-order valence-corrected chi connectivity index (χ0v) is 18.8. The second-order valence-electron chi connectivity index (χ2n) is 8.27. The van der Waals surface area contributed by atoms with Crippen LogP contribution in [0.3, 0.4) is 0 Å². The van der Waals surface area contributed by atoms with Crippen LogP contribution in [0.5, 0.6) is 0 Å². The van der Waals surface area contributed by atoms with Crippen molar-refractivity contribution >= 4 is 27.8 Å². The van der Waals surface area contributed by atoms with E-state index in [0.29, 0.717) is 19.0 Å². The van der Waals surface area contributed by atoms with Crippen LogP contribution in [-0.2, 0) is 24.3 Å². The molecule has 0 saturated heterocycles. The van der Waals surface area contributed by atoms with E-state index in [2.05, 4.69) is 58.5 Å². The number of hydrogen-bond acceptors (Lipinski definition) is 5. The highest BCUT2D eigenvalue weighted by Gasteiger charge is 2.13. The Morgan fingerprint density at radius 2 is 1.94 bits per heavy atom. The molecule has 0 aliphatic heterocycles. The van der Waals surface area contributed by atoms with E-state index in [1.54, 1.807) is 0 Å². The molecule has 5 rings (SSSR count). The van der Waals surface area contributed by atoms with E-state index >= 15 is 0 Å². The van der Waals surface area contributed by atoms with Gasteiger partial charge in [0.2, 0.25) is 0 Å². The Balaban J connectivity index is 1.31. The first-order chi connectivity index (χ1) is 16.2. The summed E-state index contributed by atoms with van der Waals surface area (Å²) in [7, 11) is 0. The molecule has 2 aromatic carbocycles. The number of aryl methyl sites for hydroxylation is 2. The van der Waals surface area contributed by atoms with Crippen LogP contribution in [0.2, 0.25) is 0 Å². The number of aromatic amines is 1. The number of nitrogens with one attached hydrogen (secondary N) is 1. The fourth-order valence-electron chi connectivity index (χ4n) is 4.09. The second-order valence-corrected chi connectivity index (χ2v) is 8.27. The summed E-state index contributed by atoms with van der Waals surface area (Å²) in [4.78, 5) is 12.8. The number of hydrogen-bond donors (Lipinski definition) is 2. The number of anilines is 1. The Kier molecular flexibility index (Phi) is 6.04. The molecule has 0 amide bonds. The maximum Gasteiger partial charge on any atom is 0.152 e. The summed E-state index contributed by atoms with van der Waals surface area (Å²) in [6.45, 7) is 4.36. The number of pyridine rings is 1. The normalized spacial score (nSPS) is 11.5. The molecule has 0 fully saturated rings. The number of aromatic nitrogens is 5. The van der Waals surface area contributed by atoms with E-state index in [9.17, 15) is 0 Å². The minimum absolute atomic E-state index is 0.444. The van der Waals surface area contributed by atoms with Crippen LogP contribution in [0, 0.1) is 0 Å². The van der Waals surface area contributed by atoms with Gasteiger partial charge in [0.1, 0.15) is 11.3 Å². The molecule has 0 spiro atoms. The highest BCUT2D eigenvalue weighted by atomic mass is 16.5. The predicted octanol–water partition coefficient (Wildman–Crippen LogP) is 5.12. The molecule has 3 aromatic heterocycles. The molecular formula is C26H28N6O. The van der Waals surface area contributed by atoms with Gasteiger partial charge in [0, 0.05) is 36.7 Å². The van der Waals surface area contributed by atoms with Crippen molar-refractivity contribution in [2.75, 3.05) is 12.3 Å². The minimum Gasteiger partial charge on any atom is -0.382 e. The lowest BCUT2D eigenvalue weighted by atomic mass is 10.1. The standard InChI is InChI=1S/C26H28N6O/c1-2-12-32-16-20(15-28-32)19-10-11-21-22(14-19)29-26(27)25-24(21)30-23(31-25)9-6-13-33-17-18-7-4-3-5-8-18/h3-5,7-8,10-11,14-16H,2,6,9,12-13,17H2,1H3,(H2,27,29)(H,30,31). The van der Waals surface area contributed by atoms with Crippen molar-refractivity contribution in [2.24, 2.45) is 0 Å². The molecule has 5 aromatic rings. The molecule has 0 bridgehead atoms. The molecule has 0 unspecified atom stereocenters. The summed E-state index contributed by atoms with van der Waals surface area (Å²) < 4.78 is 7.76. The summed E-state index contributed by atoms with van der Waals surface area (Å²) in [5, 5.41) is 5.45. The van der Waals surface area contributed by atoms with E-state index < -0.39 is 0 Å². The second kappa shape index (κ2) is 9.42. The van der Waals surface area contributed by atoms with Gasteiger partial charge in [-0.25, -0.2) is 9.97 Å².